The molecule has 0 amide bonds. The van der Waals surface area contributed by atoms with Crippen LogP contribution in [0.2, 0.25) is 0 Å². The quantitative estimate of drug-likeness (QED) is 0.641. The first-order valence-electron chi connectivity index (χ1n) is 5.74. The van der Waals surface area contributed by atoms with Crippen LogP contribution in [0.15, 0.2) is 0 Å². The molecule has 0 fully saturated rings. The van der Waals surface area contributed by atoms with Crippen LogP contribution in [0.5, 0.6) is 0 Å². The van der Waals surface area contributed by atoms with Gasteiger partial charge >= 0.3 is 0 Å². The monoisotopic (exact) mass is 185 g/mol. The van der Waals surface area contributed by atoms with Gasteiger partial charge in [-0.3, -0.25) is 0 Å². The molecule has 1 heteroatoms. The van der Waals surface area contributed by atoms with Crippen LogP contribution in [-0.4, -0.2) is 13.6 Å². The van der Waals surface area contributed by atoms with Crippen molar-refractivity contribution in [3.8, 4) is 0 Å². The minimum atomic E-state index is 0.836. The largest absolute Gasteiger partial charge is 0.319 e. The first-order valence-corrected chi connectivity index (χ1v) is 5.74. The summed E-state index contributed by atoms with van der Waals surface area (Å²) in [5, 5.41) is 3.30. The number of rotatable bonds is 7. The third-order valence-corrected chi connectivity index (χ3v) is 2.73. The molecule has 80 valence electrons. The predicted octanol–water partition coefficient (Wildman–Crippen LogP) is 3.30. The van der Waals surface area contributed by atoms with Crippen LogP contribution >= 0.6 is 0 Å². The molecule has 0 aliphatic rings. The molecule has 2 unspecified atom stereocenters. The molecule has 0 aliphatic heterocycles. The molecule has 0 bridgehead atoms. The summed E-state index contributed by atoms with van der Waals surface area (Å²) >= 11 is 0. The van der Waals surface area contributed by atoms with Gasteiger partial charge in [-0.2, -0.15) is 0 Å². The lowest BCUT2D eigenvalue weighted by Gasteiger charge is -2.21. The molecule has 0 saturated carbocycles. The average molecular weight is 185 g/mol. The molecule has 0 aromatic carbocycles. The zero-order chi connectivity index (χ0) is 10.3. The maximum Gasteiger partial charge on any atom is -0.00233 e. The highest BCUT2D eigenvalue weighted by Gasteiger charge is 2.12. The zero-order valence-electron chi connectivity index (χ0n) is 10.1. The fraction of sp³-hybridized carbons (Fsp3) is 1.00. The smallest absolute Gasteiger partial charge is 0.00233 e. The lowest BCUT2D eigenvalue weighted by Crippen LogP contribution is -2.22. The van der Waals surface area contributed by atoms with Crippen molar-refractivity contribution in [3.63, 3.8) is 0 Å². The highest BCUT2D eigenvalue weighted by molar-refractivity contribution is 4.66. The Morgan fingerprint density at radius 1 is 1.08 bits per heavy atom. The van der Waals surface area contributed by atoms with Gasteiger partial charge in [0.15, 0.2) is 0 Å². The Balaban J connectivity index is 3.78. The van der Waals surface area contributed by atoms with E-state index < -0.39 is 0 Å². The number of hydrogen-bond acceptors (Lipinski definition) is 1. The topological polar surface area (TPSA) is 12.0 Å². The van der Waals surface area contributed by atoms with E-state index in [1.807, 2.05) is 0 Å². The number of nitrogens with one attached hydrogen (secondary N) is 1. The van der Waals surface area contributed by atoms with Crippen LogP contribution in [0.25, 0.3) is 0 Å². The maximum atomic E-state index is 3.30. The van der Waals surface area contributed by atoms with E-state index in [9.17, 15) is 0 Å². The fourth-order valence-corrected chi connectivity index (χ4v) is 1.95. The zero-order valence-corrected chi connectivity index (χ0v) is 10.1. The van der Waals surface area contributed by atoms with Crippen molar-refractivity contribution in [2.75, 3.05) is 13.6 Å². The van der Waals surface area contributed by atoms with E-state index >= 15 is 0 Å². The number of hydrogen-bond donors (Lipinski definition) is 1. The summed E-state index contributed by atoms with van der Waals surface area (Å²) in [5.74, 6) is 2.60. The molecule has 2 atom stereocenters. The van der Waals surface area contributed by atoms with E-state index in [2.05, 4.69) is 40.1 Å². The molecule has 13 heavy (non-hydrogen) atoms. The second-order valence-electron chi connectivity index (χ2n) is 4.80. The molecule has 0 aliphatic carbocycles. The molecule has 1 N–H and O–H groups in total. The van der Waals surface area contributed by atoms with Gasteiger partial charge < -0.3 is 5.32 Å². The summed E-state index contributed by atoms with van der Waals surface area (Å²) in [6, 6.07) is 0. The van der Waals surface area contributed by atoms with E-state index in [4.69, 9.17) is 0 Å². The molecular weight excluding hydrogens is 158 g/mol. The molecule has 1 nitrogen and oxygen atoms in total. The van der Waals surface area contributed by atoms with Gasteiger partial charge in [-0.25, -0.2) is 0 Å². The van der Waals surface area contributed by atoms with Crippen molar-refractivity contribution in [2.24, 2.45) is 17.8 Å². The van der Waals surface area contributed by atoms with Crippen molar-refractivity contribution in [1.29, 1.82) is 0 Å². The van der Waals surface area contributed by atoms with Crippen LogP contribution in [-0.2, 0) is 0 Å². The lowest BCUT2D eigenvalue weighted by molar-refractivity contribution is 0.321. The van der Waals surface area contributed by atoms with E-state index in [1.54, 1.807) is 0 Å². The highest BCUT2D eigenvalue weighted by Crippen LogP contribution is 2.21. The average Bonchev–Trinajstić information content (AvgIpc) is 2.03. The molecule has 0 spiro atoms. The van der Waals surface area contributed by atoms with Crippen LogP contribution in [0, 0.1) is 17.8 Å². The molecule has 0 aromatic heterocycles. The minimum Gasteiger partial charge on any atom is -0.319 e. The lowest BCUT2D eigenvalue weighted by atomic mass is 9.88. The molecule has 0 rings (SSSR count). The van der Waals surface area contributed by atoms with Crippen molar-refractivity contribution >= 4 is 0 Å². The van der Waals surface area contributed by atoms with Crippen molar-refractivity contribution in [1.82, 2.24) is 5.32 Å². The second kappa shape index (κ2) is 7.37. The van der Waals surface area contributed by atoms with Crippen LogP contribution in [0.3, 0.4) is 0 Å². The Kier molecular flexibility index (Phi) is 7.35. The summed E-state index contributed by atoms with van der Waals surface area (Å²) in [6.07, 6.45) is 4.07. The van der Waals surface area contributed by atoms with E-state index in [1.165, 1.54) is 25.8 Å². The SMILES string of the molecule is CCC(C)CC(CNC)CC(C)C. The van der Waals surface area contributed by atoms with Gasteiger partial charge in [0.25, 0.3) is 0 Å². The Bertz CT molecular complexity index is 110. The highest BCUT2D eigenvalue weighted by atomic mass is 14.8. The van der Waals surface area contributed by atoms with Crippen LogP contribution < -0.4 is 5.32 Å². The standard InChI is InChI=1S/C12H27N/c1-6-11(4)8-12(9-13-5)7-10(2)3/h10-13H,6-9H2,1-5H3. The Morgan fingerprint density at radius 3 is 2.08 bits per heavy atom. The van der Waals surface area contributed by atoms with Crippen molar-refractivity contribution in [2.45, 2.75) is 47.0 Å². The Hall–Kier alpha value is -0.0400. The minimum absolute atomic E-state index is 0.836. The van der Waals surface area contributed by atoms with Gasteiger partial charge in [-0.05, 0) is 44.2 Å². The van der Waals surface area contributed by atoms with Gasteiger partial charge in [-0.1, -0.05) is 34.1 Å². The summed E-state index contributed by atoms with van der Waals surface area (Å²) in [6.45, 7) is 10.5. The van der Waals surface area contributed by atoms with Crippen molar-refractivity contribution < 1.29 is 0 Å². The van der Waals surface area contributed by atoms with Crippen LogP contribution in [0.1, 0.15) is 47.0 Å². The van der Waals surface area contributed by atoms with E-state index in [-0.39, 0.29) is 0 Å². The normalized spacial score (nSPS) is 16.2. The molecule has 0 radical (unpaired) electrons. The summed E-state index contributed by atoms with van der Waals surface area (Å²) in [4.78, 5) is 0. The molecular formula is C12H27N. The van der Waals surface area contributed by atoms with Gasteiger partial charge in [0, 0.05) is 0 Å². The molecule has 0 heterocycles. The van der Waals surface area contributed by atoms with Gasteiger partial charge in [-0.15, -0.1) is 0 Å². The van der Waals surface area contributed by atoms with Crippen molar-refractivity contribution in [3.05, 3.63) is 0 Å². The molecule has 0 saturated heterocycles. The first kappa shape index (κ1) is 13.0. The predicted molar refractivity (Wildman–Crippen MR) is 60.9 cm³/mol. The third kappa shape index (κ3) is 7.06. The Morgan fingerprint density at radius 2 is 1.69 bits per heavy atom. The summed E-state index contributed by atoms with van der Waals surface area (Å²) < 4.78 is 0. The van der Waals surface area contributed by atoms with Gasteiger partial charge in [0.1, 0.15) is 0 Å². The summed E-state index contributed by atoms with van der Waals surface area (Å²) in [5.41, 5.74) is 0. The van der Waals surface area contributed by atoms with Crippen LogP contribution in [0.4, 0.5) is 0 Å². The second-order valence-corrected chi connectivity index (χ2v) is 4.80. The van der Waals surface area contributed by atoms with Gasteiger partial charge in [0.05, 0.1) is 0 Å². The Labute approximate surface area is 84.3 Å². The van der Waals surface area contributed by atoms with E-state index in [0.717, 1.165) is 17.8 Å². The summed E-state index contributed by atoms with van der Waals surface area (Å²) in [7, 11) is 2.06. The van der Waals surface area contributed by atoms with E-state index in [0.29, 0.717) is 0 Å². The first-order chi connectivity index (χ1) is 6.10. The molecule has 0 aromatic rings. The fourth-order valence-electron chi connectivity index (χ4n) is 1.95. The third-order valence-electron chi connectivity index (χ3n) is 2.73. The van der Waals surface area contributed by atoms with Gasteiger partial charge in [0.2, 0.25) is 0 Å². The maximum absolute atomic E-state index is 3.30.